The summed E-state index contributed by atoms with van der Waals surface area (Å²) in [6, 6.07) is 17.2. The third-order valence-corrected chi connectivity index (χ3v) is 7.83. The summed E-state index contributed by atoms with van der Waals surface area (Å²) < 4.78 is 58.4. The second-order valence-corrected chi connectivity index (χ2v) is 11.4. The lowest BCUT2D eigenvalue weighted by molar-refractivity contribution is -0.274. The fraction of sp³-hybridized carbons (Fsp3) is 0.250. The number of rotatable bonds is 9. The van der Waals surface area contributed by atoms with Gasteiger partial charge in [-0.3, -0.25) is 4.57 Å². The predicted octanol–water partition coefficient (Wildman–Crippen LogP) is 7.50. The van der Waals surface area contributed by atoms with Gasteiger partial charge >= 0.3 is 12.4 Å². The maximum atomic E-state index is 13.9. The number of nitrogens with one attached hydrogen (secondary N) is 1. The summed E-state index contributed by atoms with van der Waals surface area (Å²) in [5, 5.41) is 9.19. The topological polar surface area (TPSA) is 86.3 Å². The number of alkyl halides is 3. The molecule has 5 aromatic rings. The summed E-state index contributed by atoms with van der Waals surface area (Å²) >= 11 is 1.35. The van der Waals surface area contributed by atoms with E-state index in [2.05, 4.69) is 25.1 Å². The van der Waals surface area contributed by atoms with E-state index in [4.69, 9.17) is 0 Å². The number of aromatic nitrogens is 4. The van der Waals surface area contributed by atoms with Gasteiger partial charge in [0.25, 0.3) is 0 Å². The molecule has 0 unspecified atom stereocenters. The Kier molecular flexibility index (Phi) is 9.47. The fourth-order valence-electron chi connectivity index (χ4n) is 4.71. The molecule has 0 atom stereocenters. The molecule has 2 aromatic heterocycles. The van der Waals surface area contributed by atoms with Crippen LogP contribution < -0.4 is 14.9 Å². The molecule has 0 aliphatic carbocycles. The molecule has 0 aliphatic heterocycles. The number of aryl methyl sites for hydroxylation is 2. The van der Waals surface area contributed by atoms with Gasteiger partial charge in [0, 0.05) is 23.2 Å². The molecule has 2 amide bonds. The van der Waals surface area contributed by atoms with Crippen LogP contribution in [-0.2, 0) is 6.42 Å². The maximum Gasteiger partial charge on any atom is 0.573 e. The number of hydrogen-bond donors (Lipinski definition) is 1. The Morgan fingerprint density at radius 1 is 1.07 bits per heavy atom. The van der Waals surface area contributed by atoms with Crippen molar-refractivity contribution < 1.29 is 27.1 Å². The summed E-state index contributed by atoms with van der Waals surface area (Å²) in [5.74, 6) is -0.0693. The number of nitrogens with zero attached hydrogens (tertiary/aromatic N) is 5. The van der Waals surface area contributed by atoms with Crippen molar-refractivity contribution in [3.63, 3.8) is 0 Å². The Morgan fingerprint density at radius 3 is 2.49 bits per heavy atom. The van der Waals surface area contributed by atoms with E-state index in [1.807, 2.05) is 55.0 Å². The molecule has 45 heavy (non-hydrogen) atoms. The van der Waals surface area contributed by atoms with E-state index in [0.29, 0.717) is 29.3 Å². The smallest absolute Gasteiger partial charge is 0.406 e. The molecule has 0 fully saturated rings. The van der Waals surface area contributed by atoms with Crippen molar-refractivity contribution in [2.45, 2.75) is 45.9 Å². The molecular formula is C32H30F4N6O2S. The largest absolute Gasteiger partial charge is 0.573 e. The number of hydrogen-bond acceptors (Lipinski definition) is 5. The van der Waals surface area contributed by atoms with Crippen molar-refractivity contribution in [1.29, 1.82) is 0 Å². The Balaban J connectivity index is 1.15. The summed E-state index contributed by atoms with van der Waals surface area (Å²) in [5.41, 5.74) is 4.92. The van der Waals surface area contributed by atoms with Gasteiger partial charge in [0.1, 0.15) is 17.9 Å². The molecule has 0 spiro atoms. The molecule has 1 N–H and O–H groups in total. The van der Waals surface area contributed by atoms with E-state index in [9.17, 15) is 22.4 Å². The van der Waals surface area contributed by atoms with Gasteiger partial charge in [-0.1, -0.05) is 38.1 Å². The zero-order valence-electron chi connectivity index (χ0n) is 24.7. The minimum Gasteiger partial charge on any atom is -0.406 e. The number of thiazole rings is 1. The highest BCUT2D eigenvalue weighted by atomic mass is 32.1. The maximum absolute atomic E-state index is 13.9. The summed E-state index contributed by atoms with van der Waals surface area (Å²) in [6.07, 6.45) is -1.85. The van der Waals surface area contributed by atoms with Gasteiger partial charge < -0.3 is 10.1 Å². The molecule has 8 nitrogen and oxygen atoms in total. The van der Waals surface area contributed by atoms with Gasteiger partial charge in [-0.15, -0.1) is 29.6 Å². The Hall–Kier alpha value is -4.78. The first kappa shape index (κ1) is 31.6. The Labute approximate surface area is 260 Å². The highest BCUT2D eigenvalue weighted by Crippen LogP contribution is 2.26. The van der Waals surface area contributed by atoms with Crippen LogP contribution in [0.3, 0.4) is 0 Å². The van der Waals surface area contributed by atoms with Crippen LogP contribution in [0.5, 0.6) is 5.75 Å². The van der Waals surface area contributed by atoms with Crippen LogP contribution in [0, 0.1) is 12.7 Å². The summed E-state index contributed by atoms with van der Waals surface area (Å²) in [4.78, 5) is 21.8. The van der Waals surface area contributed by atoms with Crippen molar-refractivity contribution in [3.05, 3.63) is 106 Å². The van der Waals surface area contributed by atoms with Crippen LogP contribution in [0.2, 0.25) is 0 Å². The number of carbonyl (C=O) groups is 1. The van der Waals surface area contributed by atoms with Crippen LogP contribution in [0.25, 0.3) is 22.8 Å². The molecule has 0 saturated heterocycles. The molecular weight excluding hydrogens is 608 g/mol. The lowest BCUT2D eigenvalue weighted by atomic mass is 10.0. The van der Waals surface area contributed by atoms with E-state index < -0.39 is 12.4 Å². The monoisotopic (exact) mass is 638 g/mol. The Bertz CT molecular complexity index is 1840. The van der Waals surface area contributed by atoms with Gasteiger partial charge in [0.2, 0.25) is 0 Å². The zero-order chi connectivity index (χ0) is 32.1. The van der Waals surface area contributed by atoms with Gasteiger partial charge in [0.05, 0.1) is 11.4 Å². The normalized spacial score (nSPS) is 12.1. The number of amides is 2. The Morgan fingerprint density at radius 2 is 1.80 bits per heavy atom. The lowest BCUT2D eigenvalue weighted by Crippen LogP contribution is -2.26. The van der Waals surface area contributed by atoms with E-state index in [1.54, 1.807) is 6.07 Å². The van der Waals surface area contributed by atoms with Crippen molar-refractivity contribution in [1.82, 2.24) is 24.6 Å². The van der Waals surface area contributed by atoms with E-state index in [0.717, 1.165) is 34.5 Å². The van der Waals surface area contributed by atoms with E-state index in [1.165, 1.54) is 58.7 Å². The quantitative estimate of drug-likeness (QED) is 0.134. The second-order valence-electron chi connectivity index (χ2n) is 10.6. The number of ether oxygens (including phenoxy) is 1. The van der Waals surface area contributed by atoms with Crippen molar-refractivity contribution >= 4 is 17.4 Å². The highest BCUT2D eigenvalue weighted by Gasteiger charge is 2.31. The molecule has 0 saturated carbocycles. The number of benzene rings is 3. The van der Waals surface area contributed by atoms with Gasteiger partial charge in [-0.25, -0.2) is 18.9 Å². The molecule has 0 aliphatic rings. The van der Waals surface area contributed by atoms with Crippen LogP contribution in [0.4, 0.5) is 22.4 Å². The average molecular weight is 639 g/mol. The molecule has 0 radical (unpaired) electrons. The second kappa shape index (κ2) is 13.5. The van der Waals surface area contributed by atoms with Crippen LogP contribution in [0.1, 0.15) is 43.0 Å². The third kappa shape index (κ3) is 8.04. The number of urea groups is 1. The standard InChI is InChI=1S/C32H30F4N6O2S/c1-20(2)27-17-24(33)10-15-28(27)42-21(3)18-45-31(42)39-30(43)37-16-4-5-22-6-8-23(9-7-22)29-38-19-41(40-29)25-11-13-26(14-12-25)44-32(34,35)36/h6-15,17-20H,4-5,16H2,1-3H3,(H,37,43)/b39-31-. The van der Waals surface area contributed by atoms with Gasteiger partial charge in [-0.2, -0.15) is 4.99 Å². The SMILES string of the molecule is Cc1cs/c(=N\C(=O)NCCCc2ccc(-c3ncn(-c4ccc(OC(F)(F)F)cc4)n3)cc2)n1-c1ccc(F)cc1C(C)C. The minimum absolute atomic E-state index is 0.0861. The van der Waals surface area contributed by atoms with Crippen molar-refractivity contribution in [2.75, 3.05) is 6.54 Å². The summed E-state index contributed by atoms with van der Waals surface area (Å²) in [7, 11) is 0. The van der Waals surface area contributed by atoms with E-state index >= 15 is 0 Å². The fourth-order valence-corrected chi connectivity index (χ4v) is 5.57. The highest BCUT2D eigenvalue weighted by molar-refractivity contribution is 7.07. The molecule has 234 valence electrons. The van der Waals surface area contributed by atoms with Crippen LogP contribution in [0.15, 0.2) is 83.4 Å². The van der Waals surface area contributed by atoms with Crippen LogP contribution >= 0.6 is 11.3 Å². The third-order valence-electron chi connectivity index (χ3n) is 6.89. The first-order valence-electron chi connectivity index (χ1n) is 14.1. The van der Waals surface area contributed by atoms with Crippen LogP contribution in [-0.4, -0.2) is 38.3 Å². The molecule has 2 heterocycles. The van der Waals surface area contributed by atoms with E-state index in [-0.39, 0.29) is 17.5 Å². The molecule has 5 rings (SSSR count). The zero-order valence-corrected chi connectivity index (χ0v) is 25.5. The van der Waals surface area contributed by atoms with Gasteiger partial charge in [0.15, 0.2) is 10.6 Å². The minimum atomic E-state index is -4.75. The molecule has 0 bridgehead atoms. The number of halogens is 4. The lowest BCUT2D eigenvalue weighted by Gasteiger charge is -2.15. The average Bonchev–Trinajstić information content (AvgIpc) is 3.62. The van der Waals surface area contributed by atoms with Crippen molar-refractivity contribution in [3.8, 4) is 28.5 Å². The first-order chi connectivity index (χ1) is 21.5. The predicted molar refractivity (Wildman–Crippen MR) is 163 cm³/mol. The molecule has 13 heteroatoms. The van der Waals surface area contributed by atoms with Crippen molar-refractivity contribution in [2.24, 2.45) is 4.99 Å². The molecule has 3 aromatic carbocycles. The number of carbonyl (C=O) groups excluding carboxylic acids is 1. The summed E-state index contributed by atoms with van der Waals surface area (Å²) in [6.45, 7) is 6.34. The first-order valence-corrected chi connectivity index (χ1v) is 15.0. The van der Waals surface area contributed by atoms with Gasteiger partial charge in [-0.05, 0) is 79.3 Å².